The van der Waals surface area contributed by atoms with Gasteiger partial charge in [-0.2, -0.15) is 12.6 Å². The highest BCUT2D eigenvalue weighted by Gasteiger charge is 2.35. The summed E-state index contributed by atoms with van der Waals surface area (Å²) in [4.78, 5) is 120. The molecule has 0 aliphatic heterocycles. The second kappa shape index (κ2) is 33.3. The number of H-pyrrole nitrogens is 1. The number of hydrogen-bond donors (Lipinski definition) is 12. The van der Waals surface area contributed by atoms with Crippen LogP contribution in [0.25, 0.3) is 0 Å². The van der Waals surface area contributed by atoms with Crippen LogP contribution < -0.4 is 38.1 Å². The maximum absolute atomic E-state index is 14.1. The predicted molar refractivity (Wildman–Crippen MR) is 286 cm³/mol. The number of carbonyl (C=O) groups excluding carboxylic acids is 7. The van der Waals surface area contributed by atoms with Gasteiger partial charge in [0.05, 0.1) is 62.5 Å². The molecule has 0 spiro atoms. The molecular weight excluding hydrogens is 1010 g/mol. The molecule has 75 heavy (non-hydrogen) atoms. The molecule has 424 valence electrons. The molecule has 1 aromatic carbocycles. The molecule has 7 amide bonds. The minimum atomic E-state index is -4.63. The minimum Gasteiger partial charge on any atom is -0.394 e. The van der Waals surface area contributed by atoms with Gasteiger partial charge in [0, 0.05) is 37.2 Å². The summed E-state index contributed by atoms with van der Waals surface area (Å²) in [7, 11) is -4.63. The molecule has 1 aromatic heterocycles. The van der Waals surface area contributed by atoms with Crippen LogP contribution in [0.5, 0.6) is 0 Å². The number of aliphatic hydroxyl groups excluding tert-OH is 1. The summed E-state index contributed by atoms with van der Waals surface area (Å²) in [5.74, 6) is -6.19. The highest BCUT2D eigenvalue weighted by Crippen LogP contribution is 2.37. The normalized spacial score (nSPS) is 14.4. The van der Waals surface area contributed by atoms with E-state index >= 15 is 0 Å². The van der Waals surface area contributed by atoms with Crippen molar-refractivity contribution in [2.24, 2.45) is 23.3 Å². The first kappa shape index (κ1) is 66.2. The number of ether oxygens (including phenoxy) is 2. The molecule has 0 saturated heterocycles. The number of amides is 7. The minimum absolute atomic E-state index is 0.0338. The number of rotatable bonds is 38. The van der Waals surface area contributed by atoms with E-state index in [0.29, 0.717) is 38.1 Å². The number of aromatic nitrogens is 2. The summed E-state index contributed by atoms with van der Waals surface area (Å²) >= 11 is 4.06. The SMILES string of the molecule is CC(C)CC(NC(=O)CN(CCCCCCc1ccccc1)C(=O)CCOC(C)(C)CCOC(C)(C)CCNC(=O)C(N)CS)C(=O)NC(Cc1cnc[nH]1)C(=O)NC(CO)C(=O)NC(C(N)=O)C(C)CP(=O)(O)O. The maximum Gasteiger partial charge on any atom is 0.325 e. The van der Waals surface area contributed by atoms with Crippen LogP contribution in [0.1, 0.15) is 111 Å². The fourth-order valence-corrected chi connectivity index (χ4v) is 8.95. The Hall–Kier alpha value is -4.94. The molecule has 0 saturated carbocycles. The van der Waals surface area contributed by atoms with Crippen LogP contribution >= 0.6 is 20.2 Å². The topological polar surface area (TPSA) is 360 Å². The van der Waals surface area contributed by atoms with E-state index in [1.807, 2.05) is 59.7 Å². The van der Waals surface area contributed by atoms with Crippen LogP contribution in [0.4, 0.5) is 0 Å². The van der Waals surface area contributed by atoms with Crippen molar-refractivity contribution in [3.05, 3.63) is 54.1 Å². The number of imidazole rings is 1. The van der Waals surface area contributed by atoms with Gasteiger partial charge in [-0.1, -0.05) is 63.9 Å². The first-order valence-electron chi connectivity index (χ1n) is 25.5. The number of carbonyl (C=O) groups is 7. The molecule has 0 bridgehead atoms. The summed E-state index contributed by atoms with van der Waals surface area (Å²) in [6.45, 7) is 12.3. The summed E-state index contributed by atoms with van der Waals surface area (Å²) in [6, 6.07) is 3.53. The van der Waals surface area contributed by atoms with E-state index < -0.39 is 97.2 Å². The lowest BCUT2D eigenvalue weighted by Crippen LogP contribution is -2.60. The lowest BCUT2D eigenvalue weighted by Gasteiger charge is -2.30. The maximum atomic E-state index is 14.1. The van der Waals surface area contributed by atoms with Crippen molar-refractivity contribution >= 4 is 61.6 Å². The fraction of sp³-hybridized carbons (Fsp3) is 0.680. The molecule has 13 N–H and O–H groups in total. The van der Waals surface area contributed by atoms with Crippen LogP contribution in [-0.4, -0.2) is 164 Å². The third kappa shape index (κ3) is 27.6. The zero-order valence-electron chi connectivity index (χ0n) is 44.7. The van der Waals surface area contributed by atoms with Gasteiger partial charge in [0.1, 0.15) is 24.2 Å². The Kier molecular flexibility index (Phi) is 29.4. The van der Waals surface area contributed by atoms with Crippen molar-refractivity contribution in [3.8, 4) is 0 Å². The Morgan fingerprint density at radius 2 is 1.44 bits per heavy atom. The Labute approximate surface area is 446 Å². The lowest BCUT2D eigenvalue weighted by atomic mass is 10.0. The zero-order valence-corrected chi connectivity index (χ0v) is 46.5. The van der Waals surface area contributed by atoms with Gasteiger partial charge in [0.2, 0.25) is 41.4 Å². The molecule has 1 heterocycles. The third-order valence-electron chi connectivity index (χ3n) is 12.2. The largest absolute Gasteiger partial charge is 0.394 e. The van der Waals surface area contributed by atoms with Gasteiger partial charge >= 0.3 is 7.60 Å². The predicted octanol–water partition coefficient (Wildman–Crippen LogP) is 0.995. The number of aryl methyl sites for hydroxylation is 1. The third-order valence-corrected chi connectivity index (χ3v) is 13.7. The highest BCUT2D eigenvalue weighted by molar-refractivity contribution is 7.80. The summed E-state index contributed by atoms with van der Waals surface area (Å²) in [5, 5.41) is 22.9. The summed E-state index contributed by atoms with van der Waals surface area (Å²) < 4.78 is 23.9. The fourth-order valence-electron chi connectivity index (χ4n) is 7.82. The van der Waals surface area contributed by atoms with Gasteiger partial charge in [0.15, 0.2) is 0 Å². The zero-order chi connectivity index (χ0) is 56.4. The van der Waals surface area contributed by atoms with Gasteiger partial charge in [-0.15, -0.1) is 0 Å². The van der Waals surface area contributed by atoms with Crippen molar-refractivity contribution in [2.75, 3.05) is 51.4 Å². The lowest BCUT2D eigenvalue weighted by molar-refractivity contribution is -0.139. The van der Waals surface area contributed by atoms with E-state index in [1.54, 1.807) is 0 Å². The number of aliphatic hydroxyl groups is 1. The molecule has 0 radical (unpaired) electrons. The monoisotopic (exact) mass is 1100 g/mol. The standard InChI is InChI=1S/C50H85N10O13PS/c1-33(2)25-38(46(66)57-39(26-36-27-53-32-55-36)47(67)58-40(29-61)48(68)59-43(44(52)64)34(3)30-74(69,70)71)56-41(62)28-60(22-14-9-8-11-15-35-16-12-10-13-17-35)42(63)18-23-72-50(6,7)20-24-73-49(4,5)19-21-54-45(65)37(51)31-75/h10,12-13,16-17,27,32-34,37-40,43,61,75H,8-9,11,14-15,18-26,28-31,51H2,1-7H3,(H2,52,64)(H,53,55)(H,54,65)(H,56,62)(H,57,66)(H,58,67)(H,59,68)(H2,69,70,71). The van der Waals surface area contributed by atoms with Crippen molar-refractivity contribution < 1.29 is 62.5 Å². The average Bonchev–Trinajstić information content (AvgIpc) is 3.84. The van der Waals surface area contributed by atoms with Crippen molar-refractivity contribution in [1.29, 1.82) is 0 Å². The first-order valence-corrected chi connectivity index (χ1v) is 27.9. The number of thiol groups is 1. The summed E-state index contributed by atoms with van der Waals surface area (Å²) in [6.07, 6.45) is 7.07. The number of hydrogen-bond acceptors (Lipinski definition) is 14. The summed E-state index contributed by atoms with van der Waals surface area (Å²) in [5.41, 5.74) is 11.6. The van der Waals surface area contributed by atoms with Crippen LogP contribution in [0, 0.1) is 11.8 Å². The number of nitrogens with zero attached hydrogens (tertiary/aromatic N) is 2. The van der Waals surface area contributed by atoms with Crippen molar-refractivity contribution in [2.45, 2.75) is 154 Å². The average molecular weight is 1100 g/mol. The second-order valence-electron chi connectivity index (χ2n) is 20.6. The van der Waals surface area contributed by atoms with Gasteiger partial charge < -0.3 is 72.3 Å². The molecule has 6 unspecified atom stereocenters. The Morgan fingerprint density at radius 3 is 2.04 bits per heavy atom. The Morgan fingerprint density at radius 1 is 0.827 bits per heavy atom. The quantitative estimate of drug-likeness (QED) is 0.0254. The van der Waals surface area contributed by atoms with Gasteiger partial charge in [0.25, 0.3) is 0 Å². The van der Waals surface area contributed by atoms with E-state index in [2.05, 4.69) is 61.3 Å². The van der Waals surface area contributed by atoms with Crippen LogP contribution in [0.15, 0.2) is 42.9 Å². The van der Waals surface area contributed by atoms with Crippen LogP contribution in [0.2, 0.25) is 0 Å². The number of nitrogens with one attached hydrogen (secondary N) is 6. The molecule has 6 atom stereocenters. The Bertz CT molecular complexity index is 2130. The van der Waals surface area contributed by atoms with Crippen molar-refractivity contribution in [3.63, 3.8) is 0 Å². The van der Waals surface area contributed by atoms with Crippen LogP contribution in [0.3, 0.4) is 0 Å². The van der Waals surface area contributed by atoms with Gasteiger partial charge in [-0.25, -0.2) is 4.98 Å². The first-order chi connectivity index (χ1) is 35.1. The molecule has 0 fully saturated rings. The Balaban J connectivity index is 2.19. The van der Waals surface area contributed by atoms with Gasteiger partial charge in [-0.05, 0) is 83.6 Å². The molecule has 25 heteroatoms. The number of benzene rings is 1. The van der Waals surface area contributed by atoms with Gasteiger partial charge in [-0.3, -0.25) is 38.1 Å². The van der Waals surface area contributed by atoms with E-state index in [4.69, 9.17) is 20.9 Å². The number of nitrogens with two attached hydrogens (primary N) is 2. The van der Waals surface area contributed by atoms with E-state index in [9.17, 15) is 53.0 Å². The number of primary amides is 1. The molecule has 2 rings (SSSR count). The molecule has 0 aliphatic carbocycles. The number of aromatic amines is 1. The molecule has 2 aromatic rings. The smallest absolute Gasteiger partial charge is 0.325 e. The van der Waals surface area contributed by atoms with E-state index in [1.165, 1.54) is 29.9 Å². The van der Waals surface area contributed by atoms with E-state index in [-0.39, 0.29) is 62.4 Å². The second-order valence-corrected chi connectivity index (χ2v) is 22.6. The van der Waals surface area contributed by atoms with E-state index in [0.717, 1.165) is 25.7 Å². The molecule has 0 aliphatic rings. The molecule has 23 nitrogen and oxygen atoms in total. The van der Waals surface area contributed by atoms with Crippen LogP contribution in [-0.2, 0) is 60.4 Å². The molecular formula is C50H85N10O13PS. The number of unbranched alkanes of at least 4 members (excludes halogenated alkanes) is 3. The van der Waals surface area contributed by atoms with Crippen molar-refractivity contribution in [1.82, 2.24) is 41.5 Å². The highest BCUT2D eigenvalue weighted by atomic mass is 32.1.